The number of hydrogen-bond donors (Lipinski definition) is 2. The number of carbonyl (C=O) groups is 1. The molecule has 0 aromatic carbocycles. The van der Waals surface area contributed by atoms with Gasteiger partial charge in [0.2, 0.25) is 0 Å². The van der Waals surface area contributed by atoms with Gasteiger partial charge in [0, 0.05) is 57.2 Å². The summed E-state index contributed by atoms with van der Waals surface area (Å²) in [6, 6.07) is -1.27. The molecule has 0 saturated carbocycles. The van der Waals surface area contributed by atoms with E-state index in [0.29, 0.717) is 6.42 Å². The van der Waals surface area contributed by atoms with Crippen molar-refractivity contribution in [2.24, 2.45) is 5.92 Å². The summed E-state index contributed by atoms with van der Waals surface area (Å²) in [5.74, 6) is -0.779. The van der Waals surface area contributed by atoms with E-state index in [4.69, 9.17) is 10.5 Å². The maximum atomic E-state index is 11.2. The van der Waals surface area contributed by atoms with Gasteiger partial charge in [-0.2, -0.15) is 0 Å². The molecular weight excluding hydrogens is 483 g/mol. The Labute approximate surface area is 163 Å². The fraction of sp³-hybridized carbons (Fsp3) is 0.800. The number of rotatable bonds is 7. The summed E-state index contributed by atoms with van der Waals surface area (Å²) >= 11 is 0. The number of carboxylic acid groups (broad SMARTS) is 1. The number of carboxylic acids is 1. The smallest absolute Gasteiger partial charge is 0.320 e. The summed E-state index contributed by atoms with van der Waals surface area (Å²) < 4.78 is 5.58. The van der Waals surface area contributed by atoms with Crippen molar-refractivity contribution in [1.82, 2.24) is 5.32 Å². The first-order valence-electron chi connectivity index (χ1n) is 7.27. The predicted octanol–water partition coefficient (Wildman–Crippen LogP) is 2.62. The van der Waals surface area contributed by atoms with Crippen molar-refractivity contribution in [2.75, 3.05) is 7.11 Å². The molecule has 1 radical (unpaired) electrons. The van der Waals surface area contributed by atoms with Gasteiger partial charge in [-0.05, 0) is 32.6 Å². The first-order chi connectivity index (χ1) is 9.39. The number of methoxy groups -OCH3 is 1. The molecular formula is C15H27AcN2O3-. The first-order valence-corrected chi connectivity index (χ1v) is 7.27. The van der Waals surface area contributed by atoms with E-state index in [1.807, 2.05) is 26.0 Å². The first kappa shape index (κ1) is 21.5. The Morgan fingerprint density at radius 3 is 2.67 bits per heavy atom. The standard InChI is InChI=1S/C15H27N2O3.Ac/c1-5-7-10-9-11(14(18)19)17-12(10)13(16)15(3,20-4)8-6-2;/h5,7,10-13,16-17H,6,8-9H2,1-4H3,(H,18,19);/q-1;/b7-5-;/t10-,11-,12-,13-,15+;/m1./s1. The second-order valence-corrected chi connectivity index (χ2v) is 5.75. The molecule has 119 valence electrons. The molecule has 0 bridgehead atoms. The quantitative estimate of drug-likeness (QED) is 0.516. The maximum Gasteiger partial charge on any atom is 0.320 e. The van der Waals surface area contributed by atoms with Crippen LogP contribution >= 0.6 is 0 Å². The summed E-state index contributed by atoms with van der Waals surface area (Å²) in [6.07, 6.45) is 6.19. The van der Waals surface area contributed by atoms with Crippen molar-refractivity contribution in [3.8, 4) is 0 Å². The Kier molecular flexibility index (Phi) is 9.87. The Balaban J connectivity index is 0.00000400. The van der Waals surface area contributed by atoms with Gasteiger partial charge in [0.25, 0.3) is 0 Å². The largest absolute Gasteiger partial charge is 0.671 e. The average molecular weight is 510 g/mol. The Hall–Kier alpha value is 0.532. The van der Waals surface area contributed by atoms with Crippen LogP contribution in [0.1, 0.15) is 40.0 Å². The Morgan fingerprint density at radius 2 is 2.24 bits per heavy atom. The minimum atomic E-state index is -0.844. The van der Waals surface area contributed by atoms with Gasteiger partial charge in [0.05, 0.1) is 5.60 Å². The minimum absolute atomic E-state index is 0. The zero-order valence-electron chi connectivity index (χ0n) is 13.4. The van der Waals surface area contributed by atoms with Crippen LogP contribution in [0.4, 0.5) is 0 Å². The number of ether oxygens (including phenoxy) is 1. The summed E-state index contributed by atoms with van der Waals surface area (Å²) in [4.78, 5) is 11.2. The van der Waals surface area contributed by atoms with E-state index >= 15 is 0 Å². The molecule has 0 aliphatic carbocycles. The molecule has 0 amide bonds. The van der Waals surface area contributed by atoms with E-state index in [2.05, 4.69) is 12.2 Å². The Morgan fingerprint density at radius 1 is 1.62 bits per heavy atom. The van der Waals surface area contributed by atoms with Gasteiger partial charge in [-0.15, -0.1) is 0 Å². The molecule has 1 saturated heterocycles. The minimum Gasteiger partial charge on any atom is -0.671 e. The molecule has 1 heterocycles. The summed E-state index contributed by atoms with van der Waals surface area (Å²) in [5.41, 5.74) is 8.00. The monoisotopic (exact) mass is 510 g/mol. The van der Waals surface area contributed by atoms with Gasteiger partial charge in [-0.25, -0.2) is 0 Å². The van der Waals surface area contributed by atoms with Crippen molar-refractivity contribution < 1.29 is 58.7 Å². The van der Waals surface area contributed by atoms with E-state index < -0.39 is 23.7 Å². The van der Waals surface area contributed by atoms with Crippen LogP contribution in [0.3, 0.4) is 0 Å². The molecule has 21 heavy (non-hydrogen) atoms. The van der Waals surface area contributed by atoms with E-state index in [-0.39, 0.29) is 56.0 Å². The van der Waals surface area contributed by atoms with Gasteiger partial charge < -0.3 is 20.9 Å². The van der Waals surface area contributed by atoms with Gasteiger partial charge in [-0.3, -0.25) is 4.79 Å². The molecule has 1 aliphatic rings. The van der Waals surface area contributed by atoms with E-state index in [1.54, 1.807) is 7.11 Å². The second kappa shape index (κ2) is 9.62. The van der Waals surface area contributed by atoms with Crippen molar-refractivity contribution >= 4 is 5.97 Å². The van der Waals surface area contributed by atoms with Crippen molar-refractivity contribution in [3.05, 3.63) is 17.9 Å². The fourth-order valence-electron chi connectivity index (χ4n) is 3.06. The van der Waals surface area contributed by atoms with Crippen LogP contribution in [0.25, 0.3) is 5.73 Å². The SMILES string of the molecule is C/C=C\[C@@H]1C[C@H](C(=O)O)N[C@H]1[C@@H]([NH-])[C@](C)(CCC)OC.[Ac]. The van der Waals surface area contributed by atoms with Crippen LogP contribution < -0.4 is 5.32 Å². The third-order valence-electron chi connectivity index (χ3n) is 4.33. The molecule has 1 rings (SSSR count). The molecule has 0 aromatic rings. The second-order valence-electron chi connectivity index (χ2n) is 5.75. The zero-order chi connectivity index (χ0) is 15.3. The summed E-state index contributed by atoms with van der Waals surface area (Å²) in [6.45, 7) is 5.93. The number of nitrogens with one attached hydrogen (secondary N) is 2. The molecule has 3 N–H and O–H groups in total. The number of aliphatic carboxylic acids is 1. The molecule has 0 unspecified atom stereocenters. The van der Waals surface area contributed by atoms with Gasteiger partial charge in [-0.1, -0.05) is 31.5 Å². The average Bonchev–Trinajstić information content (AvgIpc) is 2.82. The topological polar surface area (TPSA) is 82.4 Å². The van der Waals surface area contributed by atoms with Crippen molar-refractivity contribution in [3.63, 3.8) is 0 Å². The van der Waals surface area contributed by atoms with E-state index in [0.717, 1.165) is 12.8 Å². The zero-order valence-corrected chi connectivity index (χ0v) is 18.2. The van der Waals surface area contributed by atoms with Crippen LogP contribution in [0.5, 0.6) is 0 Å². The van der Waals surface area contributed by atoms with Crippen LogP contribution in [0, 0.1) is 50.0 Å². The molecule has 1 fully saturated rings. The van der Waals surface area contributed by atoms with E-state index in [1.165, 1.54) is 0 Å². The van der Waals surface area contributed by atoms with E-state index in [9.17, 15) is 9.90 Å². The normalized spacial score (nSPS) is 29.9. The number of allylic oxidation sites excluding steroid dienone is 1. The predicted molar refractivity (Wildman–Crippen MR) is 79.7 cm³/mol. The van der Waals surface area contributed by atoms with Gasteiger partial charge in [0.1, 0.15) is 6.04 Å². The maximum absolute atomic E-state index is 11.2. The van der Waals surface area contributed by atoms with Crippen LogP contribution in [0.15, 0.2) is 12.2 Å². The van der Waals surface area contributed by atoms with Crippen molar-refractivity contribution in [1.29, 1.82) is 0 Å². The summed E-state index contributed by atoms with van der Waals surface area (Å²) in [7, 11) is 1.63. The molecule has 1 aliphatic heterocycles. The van der Waals surface area contributed by atoms with Crippen molar-refractivity contribution in [2.45, 2.75) is 63.8 Å². The molecule has 5 atom stereocenters. The molecule has 6 heteroatoms. The third-order valence-corrected chi connectivity index (χ3v) is 4.33. The number of hydrogen-bond acceptors (Lipinski definition) is 3. The van der Waals surface area contributed by atoms with Crippen LogP contribution in [0.2, 0.25) is 0 Å². The third kappa shape index (κ3) is 5.28. The Bertz CT molecular complexity index is 365. The molecule has 5 nitrogen and oxygen atoms in total. The van der Waals surface area contributed by atoms with Gasteiger partial charge in [0.15, 0.2) is 0 Å². The fourth-order valence-corrected chi connectivity index (χ4v) is 3.06. The van der Waals surface area contributed by atoms with Gasteiger partial charge >= 0.3 is 5.97 Å². The molecule has 0 spiro atoms. The van der Waals surface area contributed by atoms with Crippen LogP contribution in [-0.2, 0) is 9.53 Å². The summed E-state index contributed by atoms with van der Waals surface area (Å²) in [5, 5.41) is 12.3. The van der Waals surface area contributed by atoms with Crippen LogP contribution in [-0.4, -0.2) is 41.9 Å². The molecule has 0 aromatic heterocycles.